The lowest BCUT2D eigenvalue weighted by atomic mass is 10.1. The number of phenols is 1. The van der Waals surface area contributed by atoms with Crippen LogP contribution in [0.25, 0.3) is 0 Å². The predicted octanol–water partition coefficient (Wildman–Crippen LogP) is 5.41. The van der Waals surface area contributed by atoms with Crippen LogP contribution in [0.5, 0.6) is 11.5 Å². The van der Waals surface area contributed by atoms with Crippen molar-refractivity contribution in [1.82, 2.24) is 0 Å². The zero-order valence-corrected chi connectivity index (χ0v) is 21.5. The Kier molecular flexibility index (Phi) is 8.55. The highest BCUT2D eigenvalue weighted by molar-refractivity contribution is 6.74. The summed E-state index contributed by atoms with van der Waals surface area (Å²) in [7, 11) is -2.34. The molecule has 0 aliphatic heterocycles. The number of phenolic OH excluding ortho intramolecular Hbond substituents is 1. The van der Waals surface area contributed by atoms with Gasteiger partial charge in [-0.25, -0.2) is 9.59 Å². The number of aromatic hydroxyl groups is 1. The highest BCUT2D eigenvalue weighted by atomic mass is 28.4. The molecule has 0 spiro atoms. The summed E-state index contributed by atoms with van der Waals surface area (Å²) in [6.07, 6.45) is 0. The van der Waals surface area contributed by atoms with Crippen LogP contribution in [0, 0.1) is 0 Å². The summed E-state index contributed by atoms with van der Waals surface area (Å²) in [6.45, 7) is 14.0. The van der Waals surface area contributed by atoms with E-state index in [-0.39, 0.29) is 29.7 Å². The van der Waals surface area contributed by atoms with Gasteiger partial charge < -0.3 is 23.9 Å². The number of nitrogens with zero attached hydrogens (tertiary/aromatic N) is 1. The third kappa shape index (κ3) is 6.07. The van der Waals surface area contributed by atoms with Gasteiger partial charge in [-0.2, -0.15) is 0 Å². The lowest BCUT2D eigenvalue weighted by Gasteiger charge is -2.39. The van der Waals surface area contributed by atoms with Crippen LogP contribution < -0.4 is 9.33 Å². The molecule has 0 aromatic heterocycles. The zero-order valence-electron chi connectivity index (χ0n) is 20.5. The minimum Gasteiger partial charge on any atom is -0.542 e. The van der Waals surface area contributed by atoms with E-state index >= 15 is 0 Å². The molecular formula is C25H35NO6Si. The normalized spacial score (nSPS) is 11.8. The molecule has 0 atom stereocenters. The standard InChI is InChI=1S/C25H35NO6Si/c1-8-30-23(28)22(24(29)31-9-2)26(18-14-11-10-12-15-18)21-19(27)16-13-17-20(21)32-33(6,7)25(3,4)5/h10-17,22,27H,8-9H2,1-7H3. The minimum absolute atomic E-state index is 0.0888. The van der Waals surface area contributed by atoms with Crippen molar-refractivity contribution >= 4 is 31.6 Å². The van der Waals surface area contributed by atoms with Crippen LogP contribution in [0.1, 0.15) is 34.6 Å². The summed E-state index contributed by atoms with van der Waals surface area (Å²) < 4.78 is 17.0. The van der Waals surface area contributed by atoms with Crippen molar-refractivity contribution in [2.24, 2.45) is 0 Å². The van der Waals surface area contributed by atoms with Crippen molar-refractivity contribution in [2.45, 2.75) is 58.8 Å². The molecule has 1 N–H and O–H groups in total. The molecular weight excluding hydrogens is 438 g/mol. The third-order valence-corrected chi connectivity index (χ3v) is 10.0. The van der Waals surface area contributed by atoms with Gasteiger partial charge in [0.15, 0.2) is 0 Å². The average Bonchev–Trinajstić information content (AvgIpc) is 2.72. The molecule has 0 saturated heterocycles. The predicted molar refractivity (Wildman–Crippen MR) is 132 cm³/mol. The third-order valence-electron chi connectivity index (χ3n) is 5.70. The molecule has 0 aliphatic carbocycles. The Balaban J connectivity index is 2.78. The largest absolute Gasteiger partial charge is 0.542 e. The Labute approximate surface area is 197 Å². The Morgan fingerprint density at radius 2 is 1.48 bits per heavy atom. The summed E-state index contributed by atoms with van der Waals surface area (Å²) in [6, 6.07) is 12.3. The van der Waals surface area contributed by atoms with Gasteiger partial charge in [0.05, 0.1) is 13.2 Å². The van der Waals surface area contributed by atoms with Crippen LogP contribution in [0.15, 0.2) is 48.5 Å². The lowest BCUT2D eigenvalue weighted by Crippen LogP contribution is -2.47. The number of anilines is 2. The van der Waals surface area contributed by atoms with E-state index in [1.54, 1.807) is 50.2 Å². The first kappa shape index (κ1) is 26.3. The van der Waals surface area contributed by atoms with Crippen molar-refractivity contribution in [1.29, 1.82) is 0 Å². The van der Waals surface area contributed by atoms with Gasteiger partial charge in [0.1, 0.15) is 17.2 Å². The second-order valence-electron chi connectivity index (χ2n) is 9.10. The maximum absolute atomic E-state index is 13.0. The first-order valence-electron chi connectivity index (χ1n) is 11.1. The van der Waals surface area contributed by atoms with Gasteiger partial charge >= 0.3 is 11.9 Å². The minimum atomic E-state index is -2.34. The fourth-order valence-electron chi connectivity index (χ4n) is 3.01. The molecule has 0 amide bonds. The number of hydrogen-bond acceptors (Lipinski definition) is 7. The number of para-hydroxylation sites is 2. The summed E-state index contributed by atoms with van der Waals surface area (Å²) >= 11 is 0. The molecule has 2 aromatic carbocycles. The fraction of sp³-hybridized carbons (Fsp3) is 0.440. The van der Waals surface area contributed by atoms with Crippen molar-refractivity contribution in [2.75, 3.05) is 18.1 Å². The molecule has 0 aliphatic rings. The summed E-state index contributed by atoms with van der Waals surface area (Å²) in [4.78, 5) is 27.5. The molecule has 0 fully saturated rings. The molecule has 180 valence electrons. The van der Waals surface area contributed by atoms with Crippen LogP contribution in [0.3, 0.4) is 0 Å². The number of hydrogen-bond donors (Lipinski definition) is 1. The van der Waals surface area contributed by atoms with E-state index < -0.39 is 26.3 Å². The molecule has 0 bridgehead atoms. The van der Waals surface area contributed by atoms with E-state index in [1.165, 1.54) is 11.0 Å². The van der Waals surface area contributed by atoms with Crippen LogP contribution in [-0.2, 0) is 19.1 Å². The number of benzene rings is 2. The molecule has 2 aromatic rings. The molecule has 2 rings (SSSR count). The molecule has 0 heterocycles. The molecule has 0 unspecified atom stereocenters. The van der Waals surface area contributed by atoms with Gasteiger partial charge in [-0.15, -0.1) is 0 Å². The quantitative estimate of drug-likeness (QED) is 0.296. The number of carbonyl (C=O) groups excluding carboxylic acids is 2. The summed E-state index contributed by atoms with van der Waals surface area (Å²) in [5, 5.41) is 10.9. The highest BCUT2D eigenvalue weighted by Gasteiger charge is 2.43. The average molecular weight is 474 g/mol. The molecule has 8 heteroatoms. The van der Waals surface area contributed by atoms with Gasteiger partial charge in [-0.1, -0.05) is 45.0 Å². The number of rotatable bonds is 9. The lowest BCUT2D eigenvalue weighted by molar-refractivity contribution is -0.156. The van der Waals surface area contributed by atoms with Gasteiger partial charge in [-0.3, -0.25) is 0 Å². The second-order valence-corrected chi connectivity index (χ2v) is 13.8. The SMILES string of the molecule is CCOC(=O)C(C(=O)OCC)N(c1ccccc1)c1c(O)cccc1O[Si](C)(C)C(C)(C)C. The topological polar surface area (TPSA) is 85.3 Å². The zero-order chi connectivity index (χ0) is 24.8. The van der Waals surface area contributed by atoms with Crippen LogP contribution in [0.2, 0.25) is 18.1 Å². The number of esters is 2. The highest BCUT2D eigenvalue weighted by Crippen LogP contribution is 2.46. The maximum atomic E-state index is 13.0. The Hall–Kier alpha value is -3.00. The van der Waals surface area contributed by atoms with Gasteiger partial charge in [0, 0.05) is 5.69 Å². The van der Waals surface area contributed by atoms with E-state index in [1.807, 2.05) is 6.07 Å². The molecule has 0 saturated carbocycles. The first-order chi connectivity index (χ1) is 15.4. The van der Waals surface area contributed by atoms with Crippen LogP contribution >= 0.6 is 0 Å². The monoisotopic (exact) mass is 473 g/mol. The number of carbonyl (C=O) groups is 2. The summed E-state index contributed by atoms with van der Waals surface area (Å²) in [5.41, 5.74) is 0.713. The first-order valence-corrected chi connectivity index (χ1v) is 14.0. The van der Waals surface area contributed by atoms with Crippen molar-refractivity contribution < 1.29 is 28.6 Å². The van der Waals surface area contributed by atoms with E-state index in [0.717, 1.165) is 0 Å². The molecule has 7 nitrogen and oxygen atoms in total. The molecule has 33 heavy (non-hydrogen) atoms. The second kappa shape index (κ2) is 10.7. The van der Waals surface area contributed by atoms with Crippen molar-refractivity contribution in [3.05, 3.63) is 48.5 Å². The maximum Gasteiger partial charge on any atom is 0.340 e. The smallest absolute Gasteiger partial charge is 0.340 e. The van der Waals surface area contributed by atoms with Gasteiger partial charge in [0.25, 0.3) is 8.32 Å². The Morgan fingerprint density at radius 3 is 1.97 bits per heavy atom. The van der Waals surface area contributed by atoms with E-state index in [0.29, 0.717) is 11.4 Å². The van der Waals surface area contributed by atoms with Crippen molar-refractivity contribution in [3.8, 4) is 11.5 Å². The van der Waals surface area contributed by atoms with Crippen molar-refractivity contribution in [3.63, 3.8) is 0 Å². The van der Waals surface area contributed by atoms with Crippen LogP contribution in [0.4, 0.5) is 11.4 Å². The van der Waals surface area contributed by atoms with E-state index in [2.05, 4.69) is 33.9 Å². The fourth-order valence-corrected chi connectivity index (χ4v) is 4.03. The van der Waals surface area contributed by atoms with E-state index in [9.17, 15) is 14.7 Å². The summed E-state index contributed by atoms with van der Waals surface area (Å²) in [5.74, 6) is -1.31. The Bertz CT molecular complexity index is 937. The Morgan fingerprint density at radius 1 is 0.939 bits per heavy atom. The van der Waals surface area contributed by atoms with Gasteiger partial charge in [-0.05, 0) is 56.2 Å². The number of ether oxygens (including phenoxy) is 2. The molecule has 0 radical (unpaired) electrons. The van der Waals surface area contributed by atoms with Gasteiger partial charge in [0.2, 0.25) is 6.04 Å². The van der Waals surface area contributed by atoms with Crippen LogP contribution in [-0.4, -0.2) is 44.6 Å². The van der Waals surface area contributed by atoms with E-state index in [4.69, 9.17) is 13.9 Å².